The molecule has 29 heavy (non-hydrogen) atoms. The van der Waals surface area contributed by atoms with Crippen LogP contribution >= 0.6 is 0 Å². The average molecular weight is 407 g/mol. The number of aromatic hydroxyl groups is 1. The van der Waals surface area contributed by atoms with Crippen molar-refractivity contribution in [1.82, 2.24) is 5.43 Å². The molecule has 0 saturated heterocycles. The lowest BCUT2D eigenvalue weighted by Gasteiger charge is -2.09. The van der Waals surface area contributed by atoms with E-state index in [1.165, 1.54) is 18.3 Å². The van der Waals surface area contributed by atoms with Crippen LogP contribution in [0.25, 0.3) is 0 Å². The van der Waals surface area contributed by atoms with Crippen molar-refractivity contribution in [2.75, 3.05) is 5.32 Å². The Bertz CT molecular complexity index is 917. The van der Waals surface area contributed by atoms with Gasteiger partial charge in [0.25, 0.3) is 0 Å². The highest BCUT2D eigenvalue weighted by Gasteiger charge is 2.30. The lowest BCUT2D eigenvalue weighted by molar-refractivity contribution is -0.137. The van der Waals surface area contributed by atoms with E-state index >= 15 is 0 Å². The summed E-state index contributed by atoms with van der Waals surface area (Å²) in [5.74, 6) is -0.918. The van der Waals surface area contributed by atoms with E-state index in [-0.39, 0.29) is 24.3 Å². The van der Waals surface area contributed by atoms with Crippen LogP contribution in [0.15, 0.2) is 41.5 Å². The molecule has 0 heterocycles. The van der Waals surface area contributed by atoms with Crippen molar-refractivity contribution < 1.29 is 27.9 Å². The van der Waals surface area contributed by atoms with Crippen LogP contribution in [0.1, 0.15) is 35.1 Å². The fourth-order valence-electron chi connectivity index (χ4n) is 2.52. The number of carbonyl (C=O) groups excluding carboxylic acids is 2. The summed E-state index contributed by atoms with van der Waals surface area (Å²) in [7, 11) is 0. The highest BCUT2D eigenvalue weighted by molar-refractivity contribution is 5.93. The first-order valence-corrected chi connectivity index (χ1v) is 8.65. The summed E-state index contributed by atoms with van der Waals surface area (Å²) in [5.41, 5.74) is 3.42. The zero-order valence-electron chi connectivity index (χ0n) is 15.8. The Balaban J connectivity index is 1.82. The number of halogens is 3. The molecular weight excluding hydrogens is 387 g/mol. The molecule has 9 heteroatoms. The molecule has 0 radical (unpaired) electrons. The van der Waals surface area contributed by atoms with Gasteiger partial charge in [0.1, 0.15) is 5.75 Å². The van der Waals surface area contributed by atoms with Crippen LogP contribution in [0.2, 0.25) is 0 Å². The lowest BCUT2D eigenvalue weighted by atomic mass is 10.1. The van der Waals surface area contributed by atoms with E-state index in [1.807, 2.05) is 0 Å². The van der Waals surface area contributed by atoms with Gasteiger partial charge in [0, 0.05) is 18.5 Å². The number of carbonyl (C=O) groups is 2. The van der Waals surface area contributed by atoms with Crippen molar-refractivity contribution in [3.05, 3.63) is 58.7 Å². The molecular formula is C20H20F3N3O3. The van der Waals surface area contributed by atoms with Gasteiger partial charge in [-0.25, -0.2) is 5.43 Å². The van der Waals surface area contributed by atoms with Crippen LogP contribution in [0, 0.1) is 13.8 Å². The average Bonchev–Trinajstić information content (AvgIpc) is 2.64. The molecule has 6 nitrogen and oxygen atoms in total. The van der Waals surface area contributed by atoms with E-state index in [2.05, 4.69) is 15.8 Å². The standard InChI is InChI=1S/C20H20F3N3O3/c1-12-8-14(9-13(2)19(12)29)11-24-26-18(28)7-6-17(27)25-16-5-3-4-15(10-16)20(21,22)23/h3-5,8-11,29H,6-7H2,1-2H3,(H,25,27)(H,26,28)/b24-11+. The SMILES string of the molecule is Cc1cc(/C=N/NC(=O)CCC(=O)Nc2cccc(C(F)(F)F)c2)cc(C)c1O. The van der Waals surface area contributed by atoms with E-state index in [4.69, 9.17) is 0 Å². The number of hydrazone groups is 1. The van der Waals surface area contributed by atoms with Crippen LogP contribution < -0.4 is 10.7 Å². The Labute approximate surface area is 165 Å². The predicted molar refractivity (Wildman–Crippen MR) is 103 cm³/mol. The van der Waals surface area contributed by atoms with Gasteiger partial charge >= 0.3 is 6.18 Å². The van der Waals surface area contributed by atoms with Gasteiger partial charge in [-0.05, 0) is 60.9 Å². The Kier molecular flexibility index (Phi) is 6.98. The Morgan fingerprint density at radius 1 is 1.07 bits per heavy atom. The van der Waals surface area contributed by atoms with Gasteiger partial charge < -0.3 is 10.4 Å². The molecule has 0 saturated carbocycles. The topological polar surface area (TPSA) is 90.8 Å². The number of anilines is 1. The molecule has 0 unspecified atom stereocenters. The summed E-state index contributed by atoms with van der Waals surface area (Å²) in [4.78, 5) is 23.6. The minimum atomic E-state index is -4.51. The summed E-state index contributed by atoms with van der Waals surface area (Å²) in [6.07, 6.45) is -3.50. The number of hydrogen-bond acceptors (Lipinski definition) is 4. The van der Waals surface area contributed by atoms with Crippen molar-refractivity contribution in [2.45, 2.75) is 32.9 Å². The third-order valence-corrected chi connectivity index (χ3v) is 3.97. The molecule has 3 N–H and O–H groups in total. The van der Waals surface area contributed by atoms with Gasteiger partial charge in [-0.3, -0.25) is 9.59 Å². The summed E-state index contributed by atoms with van der Waals surface area (Å²) >= 11 is 0. The predicted octanol–water partition coefficient (Wildman–Crippen LogP) is 3.90. The van der Waals surface area contributed by atoms with Crippen molar-refractivity contribution in [3.63, 3.8) is 0 Å². The molecule has 0 aliphatic carbocycles. The van der Waals surface area contributed by atoms with Crippen molar-refractivity contribution in [2.24, 2.45) is 5.10 Å². The Morgan fingerprint density at radius 2 is 1.69 bits per heavy atom. The zero-order valence-corrected chi connectivity index (χ0v) is 15.8. The number of benzene rings is 2. The summed E-state index contributed by atoms with van der Waals surface area (Å²) < 4.78 is 38.0. The quantitative estimate of drug-likeness (QED) is 0.501. The first-order chi connectivity index (χ1) is 13.6. The molecule has 0 bridgehead atoms. The third kappa shape index (κ3) is 6.63. The first-order valence-electron chi connectivity index (χ1n) is 8.65. The number of rotatable bonds is 6. The van der Waals surface area contributed by atoms with E-state index < -0.39 is 23.6 Å². The highest BCUT2D eigenvalue weighted by atomic mass is 19.4. The van der Waals surface area contributed by atoms with Crippen LogP contribution in [0.3, 0.4) is 0 Å². The van der Waals surface area contributed by atoms with Crippen LogP contribution in [-0.4, -0.2) is 23.1 Å². The largest absolute Gasteiger partial charge is 0.507 e. The third-order valence-electron chi connectivity index (χ3n) is 3.97. The van der Waals surface area contributed by atoms with Gasteiger partial charge in [-0.2, -0.15) is 18.3 Å². The molecule has 154 valence electrons. The maximum atomic E-state index is 12.7. The number of alkyl halides is 3. The zero-order chi connectivity index (χ0) is 21.6. The molecule has 2 aromatic carbocycles. The second-order valence-electron chi connectivity index (χ2n) is 6.42. The first kappa shape index (κ1) is 21.9. The lowest BCUT2D eigenvalue weighted by Crippen LogP contribution is -2.20. The van der Waals surface area contributed by atoms with E-state index in [1.54, 1.807) is 26.0 Å². The fourth-order valence-corrected chi connectivity index (χ4v) is 2.52. The number of phenols is 1. The van der Waals surface area contributed by atoms with Gasteiger partial charge in [0.2, 0.25) is 11.8 Å². The Morgan fingerprint density at radius 3 is 2.31 bits per heavy atom. The van der Waals surface area contributed by atoms with Gasteiger partial charge in [-0.15, -0.1) is 0 Å². The summed E-state index contributed by atoms with van der Waals surface area (Å²) in [5, 5.41) is 15.8. The molecule has 2 amide bonds. The van der Waals surface area contributed by atoms with E-state index in [0.29, 0.717) is 16.7 Å². The molecule has 2 aromatic rings. The molecule has 0 atom stereocenters. The minimum absolute atomic E-state index is 0.00123. The number of phenolic OH excluding ortho intramolecular Hbond substituents is 1. The second kappa shape index (κ2) is 9.22. The minimum Gasteiger partial charge on any atom is -0.507 e. The number of nitrogens with one attached hydrogen (secondary N) is 2. The van der Waals surface area contributed by atoms with Crippen LogP contribution in [0.5, 0.6) is 5.75 Å². The number of nitrogens with zero attached hydrogens (tertiary/aromatic N) is 1. The number of aryl methyl sites for hydroxylation is 2. The van der Waals surface area contributed by atoms with Gasteiger partial charge in [0.05, 0.1) is 11.8 Å². The van der Waals surface area contributed by atoms with Crippen molar-refractivity contribution in [1.29, 1.82) is 0 Å². The van der Waals surface area contributed by atoms with Crippen molar-refractivity contribution in [3.8, 4) is 5.75 Å². The molecule has 0 aliphatic rings. The summed E-state index contributed by atoms with van der Waals surface area (Å²) in [6.45, 7) is 3.47. The molecule has 0 fully saturated rings. The smallest absolute Gasteiger partial charge is 0.416 e. The molecule has 0 spiro atoms. The van der Waals surface area contributed by atoms with Crippen molar-refractivity contribution >= 4 is 23.7 Å². The molecule has 0 aliphatic heterocycles. The second-order valence-corrected chi connectivity index (χ2v) is 6.42. The van der Waals surface area contributed by atoms with Crippen LogP contribution in [-0.2, 0) is 15.8 Å². The van der Waals surface area contributed by atoms with Crippen LogP contribution in [0.4, 0.5) is 18.9 Å². The van der Waals surface area contributed by atoms with Gasteiger partial charge in [0.15, 0.2) is 0 Å². The van der Waals surface area contributed by atoms with E-state index in [9.17, 15) is 27.9 Å². The number of hydrogen-bond donors (Lipinski definition) is 3. The van der Waals surface area contributed by atoms with Gasteiger partial charge in [-0.1, -0.05) is 6.07 Å². The monoisotopic (exact) mass is 407 g/mol. The van der Waals surface area contributed by atoms with E-state index in [0.717, 1.165) is 12.1 Å². The molecule has 2 rings (SSSR count). The maximum absolute atomic E-state index is 12.7. The Hall–Kier alpha value is -3.36. The fraction of sp³-hybridized carbons (Fsp3) is 0.250. The number of amides is 2. The molecule has 0 aromatic heterocycles. The summed E-state index contributed by atoms with van der Waals surface area (Å²) in [6, 6.07) is 7.63. The normalized spacial score (nSPS) is 11.5. The maximum Gasteiger partial charge on any atom is 0.416 e. The highest BCUT2D eigenvalue weighted by Crippen LogP contribution is 2.30.